The van der Waals surface area contributed by atoms with E-state index < -0.39 is 5.60 Å². The Morgan fingerprint density at radius 1 is 1.04 bits per heavy atom. The van der Waals surface area contributed by atoms with Crippen LogP contribution in [0.5, 0.6) is 0 Å². The number of nitrogens with one attached hydrogen (secondary N) is 1. The van der Waals surface area contributed by atoms with E-state index in [0.717, 1.165) is 44.8 Å². The zero-order valence-corrected chi connectivity index (χ0v) is 15.4. The third-order valence-corrected chi connectivity index (χ3v) is 5.11. The van der Waals surface area contributed by atoms with E-state index in [1.165, 1.54) is 38.5 Å². The lowest BCUT2D eigenvalue weighted by molar-refractivity contribution is 0.0221. The van der Waals surface area contributed by atoms with Crippen molar-refractivity contribution in [1.29, 1.82) is 0 Å². The molecular weight excluding hydrogens is 288 g/mol. The van der Waals surface area contributed by atoms with E-state index in [1.54, 1.807) is 0 Å². The molecular formula is C19H36N2O2. The summed E-state index contributed by atoms with van der Waals surface area (Å²) < 4.78 is 5.53. The van der Waals surface area contributed by atoms with Gasteiger partial charge in [-0.25, -0.2) is 4.79 Å². The van der Waals surface area contributed by atoms with Gasteiger partial charge in [0.05, 0.1) is 0 Å². The summed E-state index contributed by atoms with van der Waals surface area (Å²) in [5.74, 6) is 0.945. The minimum atomic E-state index is -0.400. The van der Waals surface area contributed by atoms with Gasteiger partial charge in [0.2, 0.25) is 0 Å². The molecule has 1 unspecified atom stereocenters. The first-order chi connectivity index (χ1) is 11.0. The van der Waals surface area contributed by atoms with E-state index in [0.29, 0.717) is 6.04 Å². The van der Waals surface area contributed by atoms with Gasteiger partial charge in [-0.15, -0.1) is 0 Å². The van der Waals surface area contributed by atoms with Crippen molar-refractivity contribution in [3.8, 4) is 0 Å². The van der Waals surface area contributed by atoms with Crippen molar-refractivity contribution >= 4 is 6.09 Å². The molecule has 4 heteroatoms. The van der Waals surface area contributed by atoms with Crippen molar-refractivity contribution < 1.29 is 9.53 Å². The van der Waals surface area contributed by atoms with Crippen molar-refractivity contribution in [2.24, 2.45) is 5.92 Å². The zero-order valence-electron chi connectivity index (χ0n) is 15.4. The number of amides is 1. The Labute approximate surface area is 142 Å². The third-order valence-electron chi connectivity index (χ3n) is 5.11. The Bertz CT molecular complexity index is 359. The number of hydrogen-bond donors (Lipinski definition) is 1. The number of nitrogens with zero attached hydrogens (tertiary/aromatic N) is 1. The molecule has 1 N–H and O–H groups in total. The standard InChI is InChI=1S/C19H36N2O2/c1-19(2,3)23-18(22)21-15-7-10-17(21)12-14-20-13-11-16-8-5-4-6-9-16/h16-17,20H,4-15H2,1-3H3. The third kappa shape index (κ3) is 6.70. The Kier molecular flexibility index (Phi) is 7.19. The maximum Gasteiger partial charge on any atom is 0.410 e. The molecule has 0 bridgehead atoms. The summed E-state index contributed by atoms with van der Waals surface area (Å²) in [6.45, 7) is 8.79. The molecule has 1 aliphatic carbocycles. The molecule has 0 spiro atoms. The van der Waals surface area contributed by atoms with Crippen LogP contribution in [0.15, 0.2) is 0 Å². The second-order valence-corrected chi connectivity index (χ2v) is 8.30. The molecule has 134 valence electrons. The Hall–Kier alpha value is -0.770. The quantitative estimate of drug-likeness (QED) is 0.739. The Balaban J connectivity index is 1.61. The molecule has 2 rings (SSSR count). The predicted octanol–water partition coefficient (Wildman–Crippen LogP) is 4.34. The van der Waals surface area contributed by atoms with Gasteiger partial charge in [-0.3, -0.25) is 0 Å². The lowest BCUT2D eigenvalue weighted by Crippen LogP contribution is -2.41. The lowest BCUT2D eigenvalue weighted by atomic mass is 9.87. The Morgan fingerprint density at radius 2 is 1.74 bits per heavy atom. The van der Waals surface area contributed by atoms with Crippen molar-refractivity contribution in [1.82, 2.24) is 10.2 Å². The zero-order chi connectivity index (χ0) is 16.7. The van der Waals surface area contributed by atoms with E-state index in [2.05, 4.69) is 5.32 Å². The Morgan fingerprint density at radius 3 is 2.43 bits per heavy atom. The first kappa shape index (κ1) is 18.6. The van der Waals surface area contributed by atoms with Crippen molar-refractivity contribution in [3.05, 3.63) is 0 Å². The van der Waals surface area contributed by atoms with Gasteiger partial charge in [0, 0.05) is 12.6 Å². The van der Waals surface area contributed by atoms with E-state index in [1.807, 2.05) is 25.7 Å². The number of carbonyl (C=O) groups is 1. The van der Waals surface area contributed by atoms with Crippen molar-refractivity contribution in [3.63, 3.8) is 0 Å². The highest BCUT2D eigenvalue weighted by atomic mass is 16.6. The summed E-state index contributed by atoms with van der Waals surface area (Å²) in [6, 6.07) is 0.354. The number of carbonyl (C=O) groups excluding carboxylic acids is 1. The summed E-state index contributed by atoms with van der Waals surface area (Å²) in [5, 5.41) is 3.59. The summed E-state index contributed by atoms with van der Waals surface area (Å²) in [5.41, 5.74) is -0.400. The first-order valence-electron chi connectivity index (χ1n) is 9.66. The first-order valence-corrected chi connectivity index (χ1v) is 9.66. The van der Waals surface area contributed by atoms with Crippen LogP contribution in [-0.2, 0) is 4.74 Å². The maximum atomic E-state index is 12.3. The molecule has 2 aliphatic rings. The van der Waals surface area contributed by atoms with E-state index in [9.17, 15) is 4.79 Å². The highest BCUT2D eigenvalue weighted by Gasteiger charge is 2.31. The monoisotopic (exact) mass is 324 g/mol. The molecule has 0 radical (unpaired) electrons. The number of hydrogen-bond acceptors (Lipinski definition) is 3. The molecule has 1 aliphatic heterocycles. The second kappa shape index (κ2) is 8.91. The van der Waals surface area contributed by atoms with Gasteiger partial charge in [0.25, 0.3) is 0 Å². The largest absolute Gasteiger partial charge is 0.444 e. The van der Waals surface area contributed by atoms with Gasteiger partial charge in [-0.05, 0) is 65.5 Å². The highest BCUT2D eigenvalue weighted by molar-refractivity contribution is 5.68. The van der Waals surface area contributed by atoms with Crippen LogP contribution in [0.25, 0.3) is 0 Å². The summed E-state index contributed by atoms with van der Waals surface area (Å²) in [4.78, 5) is 14.2. The topological polar surface area (TPSA) is 41.6 Å². The van der Waals surface area contributed by atoms with Gasteiger partial charge in [-0.2, -0.15) is 0 Å². The molecule has 0 aromatic heterocycles. The average molecular weight is 325 g/mol. The van der Waals surface area contributed by atoms with Crippen LogP contribution in [0.3, 0.4) is 0 Å². The van der Waals surface area contributed by atoms with Crippen LogP contribution in [0.1, 0.15) is 78.6 Å². The molecule has 1 amide bonds. The van der Waals surface area contributed by atoms with Gasteiger partial charge in [-0.1, -0.05) is 32.1 Å². The van der Waals surface area contributed by atoms with Crippen molar-refractivity contribution in [2.45, 2.75) is 90.2 Å². The highest BCUT2D eigenvalue weighted by Crippen LogP contribution is 2.26. The SMILES string of the molecule is CC(C)(C)OC(=O)N1CCCC1CCNCCC1CCCCC1. The number of ether oxygens (including phenoxy) is 1. The van der Waals surface area contributed by atoms with Gasteiger partial charge in [0.1, 0.15) is 5.60 Å². The predicted molar refractivity (Wildman–Crippen MR) is 94.6 cm³/mol. The second-order valence-electron chi connectivity index (χ2n) is 8.30. The van der Waals surface area contributed by atoms with Crippen LogP contribution in [0.2, 0.25) is 0 Å². The smallest absolute Gasteiger partial charge is 0.410 e. The van der Waals surface area contributed by atoms with Crippen LogP contribution in [-0.4, -0.2) is 42.3 Å². The molecule has 4 nitrogen and oxygen atoms in total. The molecule has 0 aromatic carbocycles. The van der Waals surface area contributed by atoms with Crippen molar-refractivity contribution in [2.75, 3.05) is 19.6 Å². The molecule has 2 fully saturated rings. The summed E-state index contributed by atoms with van der Waals surface area (Å²) in [7, 11) is 0. The average Bonchev–Trinajstić information content (AvgIpc) is 2.95. The molecule has 0 aromatic rings. The van der Waals surface area contributed by atoms with Gasteiger partial charge in [0.15, 0.2) is 0 Å². The van der Waals surface area contributed by atoms with Gasteiger partial charge >= 0.3 is 6.09 Å². The molecule has 1 atom stereocenters. The van der Waals surface area contributed by atoms with E-state index in [4.69, 9.17) is 4.74 Å². The fourth-order valence-electron chi connectivity index (χ4n) is 3.87. The van der Waals surface area contributed by atoms with E-state index in [-0.39, 0.29) is 6.09 Å². The fraction of sp³-hybridized carbons (Fsp3) is 0.947. The molecule has 1 heterocycles. The fourth-order valence-corrected chi connectivity index (χ4v) is 3.87. The summed E-state index contributed by atoms with van der Waals surface area (Å²) >= 11 is 0. The van der Waals surface area contributed by atoms with Crippen LogP contribution >= 0.6 is 0 Å². The van der Waals surface area contributed by atoms with Gasteiger partial charge < -0.3 is 15.0 Å². The lowest BCUT2D eigenvalue weighted by Gasteiger charge is -2.28. The normalized spacial score (nSPS) is 23.3. The minimum Gasteiger partial charge on any atom is -0.444 e. The molecule has 1 saturated carbocycles. The number of rotatable bonds is 6. The maximum absolute atomic E-state index is 12.3. The molecule has 23 heavy (non-hydrogen) atoms. The molecule has 1 saturated heterocycles. The summed E-state index contributed by atoms with van der Waals surface area (Å²) in [6.07, 6.45) is 11.6. The van der Waals surface area contributed by atoms with Crippen LogP contribution < -0.4 is 5.32 Å². The van der Waals surface area contributed by atoms with E-state index >= 15 is 0 Å². The van der Waals surface area contributed by atoms with Crippen LogP contribution in [0, 0.1) is 5.92 Å². The van der Waals surface area contributed by atoms with Crippen LogP contribution in [0.4, 0.5) is 4.79 Å². The minimum absolute atomic E-state index is 0.137. The number of likely N-dealkylation sites (tertiary alicyclic amines) is 1.